The lowest BCUT2D eigenvalue weighted by molar-refractivity contribution is -0.122. The van der Waals surface area contributed by atoms with Gasteiger partial charge in [-0.2, -0.15) is 0 Å². The van der Waals surface area contributed by atoms with Gasteiger partial charge in [0.2, 0.25) is 0 Å². The summed E-state index contributed by atoms with van der Waals surface area (Å²) in [6.45, 7) is 7.41. The lowest BCUT2D eigenvalue weighted by Gasteiger charge is -2.39. The third-order valence-electron chi connectivity index (χ3n) is 4.54. The number of carbonyl (C=O) groups is 2. The molecule has 2 aliphatic rings. The molecule has 0 aromatic heterocycles. The minimum Gasteiger partial charge on any atom is -0.482 e. The molecule has 26 heavy (non-hydrogen) atoms. The first kappa shape index (κ1) is 18.5. The van der Waals surface area contributed by atoms with E-state index in [1.807, 2.05) is 25.7 Å². The molecule has 0 radical (unpaired) electrons. The molecule has 0 atom stereocenters. The second kappa shape index (κ2) is 7.15. The van der Waals surface area contributed by atoms with Crippen molar-refractivity contribution in [1.82, 2.24) is 4.90 Å². The standard InChI is InChI=1S/C19H27N3O4/c1-19(2,3)26-18(24)20-13-5-6-16-15(11-13)22(17(23)12-25-16)14-7-9-21(4)10-8-14/h5-6,11,14H,7-10,12H2,1-4H3,(H,20,24). The molecule has 1 N–H and O–H groups in total. The largest absolute Gasteiger partial charge is 0.482 e. The molecular formula is C19H27N3O4. The number of fused-ring (bicyclic) bond motifs is 1. The van der Waals surface area contributed by atoms with Crippen LogP contribution in [0.2, 0.25) is 0 Å². The van der Waals surface area contributed by atoms with Crippen LogP contribution in [0, 0.1) is 0 Å². The van der Waals surface area contributed by atoms with Crippen LogP contribution in [0.15, 0.2) is 18.2 Å². The SMILES string of the molecule is CN1CCC(N2C(=O)COc3ccc(NC(=O)OC(C)(C)C)cc32)CC1. The lowest BCUT2D eigenvalue weighted by Crippen LogP contribution is -2.50. The molecular weight excluding hydrogens is 334 g/mol. The Hall–Kier alpha value is -2.28. The Balaban J connectivity index is 1.81. The van der Waals surface area contributed by atoms with Gasteiger partial charge < -0.3 is 19.3 Å². The maximum absolute atomic E-state index is 12.5. The molecule has 2 heterocycles. The van der Waals surface area contributed by atoms with Crippen molar-refractivity contribution in [2.24, 2.45) is 0 Å². The average molecular weight is 361 g/mol. The molecule has 7 heteroatoms. The zero-order chi connectivity index (χ0) is 18.9. The zero-order valence-corrected chi connectivity index (χ0v) is 15.9. The number of hydrogen-bond donors (Lipinski definition) is 1. The van der Waals surface area contributed by atoms with Crippen LogP contribution in [-0.2, 0) is 9.53 Å². The Bertz CT molecular complexity index is 691. The summed E-state index contributed by atoms with van der Waals surface area (Å²) in [5.74, 6) is 0.625. The van der Waals surface area contributed by atoms with Gasteiger partial charge in [-0.3, -0.25) is 10.1 Å². The van der Waals surface area contributed by atoms with Crippen LogP contribution in [0.3, 0.4) is 0 Å². The van der Waals surface area contributed by atoms with Gasteiger partial charge in [0, 0.05) is 11.7 Å². The van der Waals surface area contributed by atoms with E-state index in [9.17, 15) is 9.59 Å². The number of likely N-dealkylation sites (tertiary alicyclic amines) is 1. The number of nitrogens with one attached hydrogen (secondary N) is 1. The smallest absolute Gasteiger partial charge is 0.412 e. The number of benzene rings is 1. The van der Waals surface area contributed by atoms with Crippen molar-refractivity contribution in [3.63, 3.8) is 0 Å². The molecule has 7 nitrogen and oxygen atoms in total. The molecule has 0 aliphatic carbocycles. The number of ether oxygens (including phenoxy) is 2. The van der Waals surface area contributed by atoms with Gasteiger partial charge in [-0.1, -0.05) is 0 Å². The number of nitrogens with zero attached hydrogens (tertiary/aromatic N) is 2. The van der Waals surface area contributed by atoms with Gasteiger partial charge in [-0.25, -0.2) is 4.79 Å². The van der Waals surface area contributed by atoms with Crippen LogP contribution in [0.5, 0.6) is 5.75 Å². The summed E-state index contributed by atoms with van der Waals surface area (Å²) in [6, 6.07) is 5.48. The Morgan fingerprint density at radius 2 is 1.96 bits per heavy atom. The Morgan fingerprint density at radius 3 is 2.62 bits per heavy atom. The van der Waals surface area contributed by atoms with Gasteiger partial charge >= 0.3 is 6.09 Å². The van der Waals surface area contributed by atoms with Crippen LogP contribution in [0.25, 0.3) is 0 Å². The molecule has 3 rings (SSSR count). The fourth-order valence-electron chi connectivity index (χ4n) is 3.32. The van der Waals surface area contributed by atoms with E-state index in [2.05, 4.69) is 17.3 Å². The molecule has 1 saturated heterocycles. The molecule has 0 unspecified atom stereocenters. The topological polar surface area (TPSA) is 71.1 Å². The van der Waals surface area contributed by atoms with Crippen LogP contribution in [0.4, 0.5) is 16.2 Å². The second-order valence-corrected chi connectivity index (χ2v) is 7.90. The summed E-state index contributed by atoms with van der Waals surface area (Å²) < 4.78 is 10.9. The molecule has 0 spiro atoms. The monoisotopic (exact) mass is 361 g/mol. The van der Waals surface area contributed by atoms with Gasteiger partial charge in [0.25, 0.3) is 5.91 Å². The van der Waals surface area contributed by atoms with E-state index in [4.69, 9.17) is 9.47 Å². The Morgan fingerprint density at radius 1 is 1.27 bits per heavy atom. The molecule has 1 fully saturated rings. The van der Waals surface area contributed by atoms with E-state index >= 15 is 0 Å². The van der Waals surface area contributed by atoms with Gasteiger partial charge in [0.05, 0.1) is 5.69 Å². The van der Waals surface area contributed by atoms with Crippen LogP contribution >= 0.6 is 0 Å². The Labute approximate surface area is 154 Å². The maximum Gasteiger partial charge on any atom is 0.412 e. The van der Waals surface area contributed by atoms with Crippen LogP contribution < -0.4 is 15.0 Å². The predicted octanol–water partition coefficient (Wildman–Crippen LogP) is 2.85. The highest BCUT2D eigenvalue weighted by Gasteiger charge is 2.33. The van der Waals surface area contributed by atoms with Gasteiger partial charge in [-0.15, -0.1) is 0 Å². The van der Waals surface area contributed by atoms with E-state index < -0.39 is 11.7 Å². The first-order valence-corrected chi connectivity index (χ1v) is 9.00. The molecule has 2 aliphatic heterocycles. The first-order chi connectivity index (χ1) is 12.2. The minimum atomic E-state index is -0.572. The molecule has 1 aromatic carbocycles. The van der Waals surface area contributed by atoms with Crippen molar-refractivity contribution >= 4 is 23.4 Å². The van der Waals surface area contributed by atoms with Gasteiger partial charge in [0.1, 0.15) is 11.4 Å². The molecule has 0 bridgehead atoms. The number of hydrogen-bond acceptors (Lipinski definition) is 5. The van der Waals surface area contributed by atoms with Crippen LogP contribution in [-0.4, -0.2) is 55.3 Å². The fourth-order valence-corrected chi connectivity index (χ4v) is 3.32. The van der Waals surface area contributed by atoms with Crippen molar-refractivity contribution < 1.29 is 19.1 Å². The zero-order valence-electron chi connectivity index (χ0n) is 15.9. The summed E-state index contributed by atoms with van der Waals surface area (Å²) in [7, 11) is 2.09. The summed E-state index contributed by atoms with van der Waals surface area (Å²) in [5.41, 5.74) is 0.718. The van der Waals surface area contributed by atoms with E-state index in [1.165, 1.54) is 0 Å². The number of amides is 2. The van der Waals surface area contributed by atoms with Crippen LogP contribution in [0.1, 0.15) is 33.6 Å². The van der Waals surface area contributed by atoms with Gasteiger partial charge in [-0.05, 0) is 71.9 Å². The van der Waals surface area contributed by atoms with Gasteiger partial charge in [0.15, 0.2) is 6.61 Å². The minimum absolute atomic E-state index is 0.0403. The average Bonchev–Trinajstić information content (AvgIpc) is 2.54. The third kappa shape index (κ3) is 4.27. The summed E-state index contributed by atoms with van der Waals surface area (Å²) in [6.07, 6.45) is 1.32. The van der Waals surface area contributed by atoms with Crippen molar-refractivity contribution in [3.8, 4) is 5.75 Å². The lowest BCUT2D eigenvalue weighted by atomic mass is 10.0. The van der Waals surface area contributed by atoms with E-state index in [0.717, 1.165) is 25.9 Å². The van der Waals surface area contributed by atoms with Crippen molar-refractivity contribution in [3.05, 3.63) is 18.2 Å². The van der Waals surface area contributed by atoms with Crippen molar-refractivity contribution in [2.45, 2.75) is 45.3 Å². The van der Waals surface area contributed by atoms with E-state index in [-0.39, 0.29) is 18.6 Å². The second-order valence-electron chi connectivity index (χ2n) is 7.90. The summed E-state index contributed by atoms with van der Waals surface area (Å²) >= 11 is 0. The van der Waals surface area contributed by atoms with Crippen molar-refractivity contribution in [1.29, 1.82) is 0 Å². The molecule has 0 saturated carbocycles. The van der Waals surface area contributed by atoms with E-state index in [1.54, 1.807) is 18.2 Å². The number of carbonyl (C=O) groups excluding carboxylic acids is 2. The highest BCUT2D eigenvalue weighted by molar-refractivity contribution is 5.99. The highest BCUT2D eigenvalue weighted by Crippen LogP contribution is 2.37. The Kier molecular flexibility index (Phi) is 5.09. The number of anilines is 2. The summed E-state index contributed by atoms with van der Waals surface area (Å²) in [5, 5.41) is 2.73. The summed E-state index contributed by atoms with van der Waals surface area (Å²) in [4.78, 5) is 28.7. The van der Waals surface area contributed by atoms with E-state index in [0.29, 0.717) is 17.1 Å². The number of rotatable bonds is 2. The highest BCUT2D eigenvalue weighted by atomic mass is 16.6. The molecule has 2 amide bonds. The molecule has 1 aromatic rings. The first-order valence-electron chi connectivity index (χ1n) is 9.00. The van der Waals surface area contributed by atoms with Crippen molar-refractivity contribution in [2.75, 3.05) is 37.0 Å². The fraction of sp³-hybridized carbons (Fsp3) is 0.579. The third-order valence-corrected chi connectivity index (χ3v) is 4.54. The number of piperidine rings is 1. The maximum atomic E-state index is 12.5. The normalized spacial score (nSPS) is 18.9. The molecule has 142 valence electrons. The quantitative estimate of drug-likeness (QED) is 0.877. The predicted molar refractivity (Wildman–Crippen MR) is 99.8 cm³/mol.